The van der Waals surface area contributed by atoms with Crippen LogP contribution in [0, 0.1) is 0 Å². The first-order chi connectivity index (χ1) is 7.90. The van der Waals surface area contributed by atoms with E-state index in [0.29, 0.717) is 0 Å². The Morgan fingerprint density at radius 3 is 2.81 bits per heavy atom. The molecule has 1 nitrogen and oxygen atoms in total. The molecule has 1 aromatic heterocycles. The molecular formula is C15H17N. The maximum atomic E-state index is 2.46. The van der Waals surface area contributed by atoms with E-state index in [1.54, 1.807) is 0 Å². The van der Waals surface area contributed by atoms with Crippen LogP contribution >= 0.6 is 0 Å². The summed E-state index contributed by atoms with van der Waals surface area (Å²) < 4.78 is 2.46. The third-order valence-electron chi connectivity index (χ3n) is 3.43. The van der Waals surface area contributed by atoms with Gasteiger partial charge in [0, 0.05) is 17.1 Å². The van der Waals surface area contributed by atoms with Crippen molar-refractivity contribution < 1.29 is 0 Å². The number of hydrogen-bond acceptors (Lipinski definition) is 0. The smallest absolute Gasteiger partial charge is 0.0487 e. The molecule has 0 atom stereocenters. The van der Waals surface area contributed by atoms with E-state index in [-0.39, 0.29) is 0 Å². The normalized spacial score (nSPS) is 13.3. The first-order valence-corrected chi connectivity index (χ1v) is 6.18. The van der Waals surface area contributed by atoms with E-state index in [0.717, 1.165) is 0 Å². The highest BCUT2D eigenvalue weighted by Gasteiger charge is 2.17. The van der Waals surface area contributed by atoms with Gasteiger partial charge in [0.05, 0.1) is 0 Å². The predicted molar refractivity (Wildman–Crippen MR) is 67.2 cm³/mol. The number of nitrogens with zero attached hydrogens (tertiary/aromatic N) is 1. The van der Waals surface area contributed by atoms with E-state index in [1.807, 2.05) is 0 Å². The first kappa shape index (κ1) is 9.71. The van der Waals surface area contributed by atoms with Crippen molar-refractivity contribution >= 4 is 0 Å². The van der Waals surface area contributed by atoms with Gasteiger partial charge in [0.2, 0.25) is 0 Å². The molecule has 82 valence electrons. The summed E-state index contributed by atoms with van der Waals surface area (Å²) in [6.45, 7) is 2.24. The summed E-state index contributed by atoms with van der Waals surface area (Å²) in [5.74, 6) is 0. The van der Waals surface area contributed by atoms with Crippen molar-refractivity contribution in [3.8, 4) is 5.69 Å². The number of aryl methyl sites for hydroxylation is 3. The fourth-order valence-corrected chi connectivity index (χ4v) is 2.68. The van der Waals surface area contributed by atoms with E-state index in [1.165, 1.54) is 48.3 Å². The van der Waals surface area contributed by atoms with Crippen LogP contribution in [0.25, 0.3) is 5.69 Å². The minimum Gasteiger partial charge on any atom is -0.318 e. The van der Waals surface area contributed by atoms with Crippen molar-refractivity contribution in [3.05, 3.63) is 53.3 Å². The van der Waals surface area contributed by atoms with Gasteiger partial charge in [0.25, 0.3) is 0 Å². The lowest BCUT2D eigenvalue weighted by Crippen LogP contribution is -2.13. The fourth-order valence-electron chi connectivity index (χ4n) is 2.68. The van der Waals surface area contributed by atoms with E-state index in [4.69, 9.17) is 0 Å². The Morgan fingerprint density at radius 2 is 1.94 bits per heavy atom. The topological polar surface area (TPSA) is 4.93 Å². The average molecular weight is 211 g/mol. The van der Waals surface area contributed by atoms with Crippen molar-refractivity contribution in [1.82, 2.24) is 4.57 Å². The lowest BCUT2D eigenvalue weighted by Gasteiger charge is -2.21. The summed E-state index contributed by atoms with van der Waals surface area (Å²) in [6, 6.07) is 13.4. The number of aromatic nitrogens is 1. The van der Waals surface area contributed by atoms with Crippen LogP contribution in [-0.2, 0) is 19.3 Å². The van der Waals surface area contributed by atoms with E-state index in [2.05, 4.69) is 47.9 Å². The van der Waals surface area contributed by atoms with Gasteiger partial charge in [0.15, 0.2) is 0 Å². The second-order valence-electron chi connectivity index (χ2n) is 4.53. The molecule has 0 saturated heterocycles. The molecule has 0 amide bonds. The zero-order valence-corrected chi connectivity index (χ0v) is 9.74. The molecule has 0 radical (unpaired) electrons. The third-order valence-corrected chi connectivity index (χ3v) is 3.43. The summed E-state index contributed by atoms with van der Waals surface area (Å²) in [4.78, 5) is 0. The molecular weight excluding hydrogens is 194 g/mol. The van der Waals surface area contributed by atoms with Gasteiger partial charge in [-0.3, -0.25) is 0 Å². The molecule has 16 heavy (non-hydrogen) atoms. The SMILES string of the molecule is CCCc1ccc2n1-c1ccccc1CC2. The summed E-state index contributed by atoms with van der Waals surface area (Å²) in [6.07, 6.45) is 4.76. The number of fused-ring (bicyclic) bond motifs is 3. The number of hydrogen-bond donors (Lipinski definition) is 0. The molecule has 3 rings (SSSR count). The molecule has 0 saturated carbocycles. The molecule has 1 aliphatic rings. The second-order valence-corrected chi connectivity index (χ2v) is 4.53. The lowest BCUT2D eigenvalue weighted by molar-refractivity contribution is 0.757. The number of rotatable bonds is 2. The van der Waals surface area contributed by atoms with Crippen molar-refractivity contribution in [2.75, 3.05) is 0 Å². The molecule has 1 heteroatoms. The monoisotopic (exact) mass is 211 g/mol. The highest BCUT2D eigenvalue weighted by Crippen LogP contribution is 2.27. The molecule has 0 bridgehead atoms. The Labute approximate surface area is 96.7 Å². The Balaban J connectivity index is 2.17. The standard InChI is InChI=1S/C15H17N/c1-2-5-13-10-11-14-9-8-12-6-3-4-7-15(12)16(13)14/h3-4,6-7,10-11H,2,5,8-9H2,1H3. The van der Waals surface area contributed by atoms with E-state index in [9.17, 15) is 0 Å². The number of para-hydroxylation sites is 1. The van der Waals surface area contributed by atoms with Crippen molar-refractivity contribution in [2.45, 2.75) is 32.6 Å². The Bertz CT molecular complexity index is 508. The molecule has 0 unspecified atom stereocenters. The predicted octanol–water partition coefficient (Wildman–Crippen LogP) is 3.53. The van der Waals surface area contributed by atoms with Crippen LogP contribution < -0.4 is 0 Å². The maximum Gasteiger partial charge on any atom is 0.0487 e. The summed E-state index contributed by atoms with van der Waals surface area (Å²) in [5.41, 5.74) is 5.83. The van der Waals surface area contributed by atoms with Crippen molar-refractivity contribution in [1.29, 1.82) is 0 Å². The van der Waals surface area contributed by atoms with Gasteiger partial charge < -0.3 is 4.57 Å². The van der Waals surface area contributed by atoms with Crippen LogP contribution in [0.3, 0.4) is 0 Å². The highest BCUT2D eigenvalue weighted by molar-refractivity contribution is 5.48. The molecule has 0 spiro atoms. The molecule has 0 fully saturated rings. The molecule has 2 heterocycles. The molecule has 2 aromatic rings. The largest absolute Gasteiger partial charge is 0.318 e. The van der Waals surface area contributed by atoms with Crippen LogP contribution in [0.2, 0.25) is 0 Å². The Kier molecular flexibility index (Phi) is 2.32. The molecule has 1 aliphatic heterocycles. The zero-order chi connectivity index (χ0) is 11.0. The Hall–Kier alpha value is -1.50. The average Bonchev–Trinajstić information content (AvgIpc) is 2.73. The summed E-state index contributed by atoms with van der Waals surface area (Å²) in [7, 11) is 0. The highest BCUT2D eigenvalue weighted by atomic mass is 15.0. The molecule has 1 aromatic carbocycles. The van der Waals surface area contributed by atoms with Crippen LogP contribution in [0.4, 0.5) is 0 Å². The van der Waals surface area contributed by atoms with Gasteiger partial charge in [-0.1, -0.05) is 31.5 Å². The van der Waals surface area contributed by atoms with Gasteiger partial charge >= 0.3 is 0 Å². The second kappa shape index (κ2) is 3.82. The fraction of sp³-hybridized carbons (Fsp3) is 0.333. The molecule has 0 N–H and O–H groups in total. The van der Waals surface area contributed by atoms with Gasteiger partial charge in [-0.05, 0) is 43.0 Å². The zero-order valence-electron chi connectivity index (χ0n) is 9.74. The van der Waals surface area contributed by atoms with E-state index < -0.39 is 0 Å². The number of benzene rings is 1. The van der Waals surface area contributed by atoms with Crippen LogP contribution in [0.5, 0.6) is 0 Å². The first-order valence-electron chi connectivity index (χ1n) is 6.18. The quantitative estimate of drug-likeness (QED) is 0.716. The minimum absolute atomic E-state index is 1.17. The van der Waals surface area contributed by atoms with E-state index >= 15 is 0 Å². The van der Waals surface area contributed by atoms with Gasteiger partial charge in [-0.15, -0.1) is 0 Å². The minimum atomic E-state index is 1.17. The van der Waals surface area contributed by atoms with Crippen molar-refractivity contribution in [3.63, 3.8) is 0 Å². The third kappa shape index (κ3) is 1.39. The van der Waals surface area contributed by atoms with Gasteiger partial charge in [-0.25, -0.2) is 0 Å². The van der Waals surface area contributed by atoms with Crippen LogP contribution in [0.1, 0.15) is 30.3 Å². The van der Waals surface area contributed by atoms with Gasteiger partial charge in [-0.2, -0.15) is 0 Å². The van der Waals surface area contributed by atoms with Gasteiger partial charge in [0.1, 0.15) is 0 Å². The molecule has 0 aliphatic carbocycles. The maximum absolute atomic E-state index is 2.46. The van der Waals surface area contributed by atoms with Crippen LogP contribution in [-0.4, -0.2) is 4.57 Å². The summed E-state index contributed by atoms with van der Waals surface area (Å²) in [5, 5.41) is 0. The Morgan fingerprint density at radius 1 is 1.06 bits per heavy atom. The van der Waals surface area contributed by atoms with Crippen molar-refractivity contribution in [2.24, 2.45) is 0 Å². The summed E-state index contributed by atoms with van der Waals surface area (Å²) >= 11 is 0. The lowest BCUT2D eigenvalue weighted by atomic mass is 10.0. The van der Waals surface area contributed by atoms with Crippen LogP contribution in [0.15, 0.2) is 36.4 Å².